The van der Waals surface area contributed by atoms with Gasteiger partial charge in [-0.05, 0) is 23.3 Å². The van der Waals surface area contributed by atoms with Crippen molar-refractivity contribution in [3.63, 3.8) is 0 Å². The van der Waals surface area contributed by atoms with E-state index < -0.39 is 5.54 Å². The Morgan fingerprint density at radius 1 is 1.04 bits per heavy atom. The summed E-state index contributed by atoms with van der Waals surface area (Å²) in [4.78, 5) is 14.8. The highest BCUT2D eigenvalue weighted by Gasteiger charge is 2.58. The second-order valence-corrected chi connectivity index (χ2v) is 7.12. The maximum absolute atomic E-state index is 12.9. The number of hydrogen-bond donors (Lipinski definition) is 0. The Hall–Kier alpha value is -2.05. The number of benzene rings is 1. The van der Waals surface area contributed by atoms with E-state index in [1.807, 2.05) is 17.0 Å². The van der Waals surface area contributed by atoms with Crippen molar-refractivity contribution in [1.82, 2.24) is 4.90 Å². The number of carbonyl (C=O) groups excluding carboxylic acids is 1. The molecule has 1 amide bonds. The Kier molecular flexibility index (Phi) is 4.20. The van der Waals surface area contributed by atoms with Gasteiger partial charge in [-0.1, -0.05) is 12.2 Å². The number of fused-ring (bicyclic) bond motifs is 1. The van der Waals surface area contributed by atoms with Crippen molar-refractivity contribution in [2.75, 3.05) is 35.0 Å². The highest BCUT2D eigenvalue weighted by molar-refractivity contribution is 5.82. The van der Waals surface area contributed by atoms with Gasteiger partial charge in [0, 0.05) is 33.0 Å². The van der Waals surface area contributed by atoms with Crippen LogP contribution < -0.4 is 9.47 Å². The van der Waals surface area contributed by atoms with Crippen molar-refractivity contribution in [2.45, 2.75) is 30.6 Å². The molecule has 1 aliphatic carbocycles. The lowest BCUT2D eigenvalue weighted by atomic mass is 9.68. The molecular formula is C20H25NO5. The first-order valence-corrected chi connectivity index (χ1v) is 8.89. The monoisotopic (exact) mass is 359 g/mol. The fourth-order valence-corrected chi connectivity index (χ4v) is 4.89. The minimum absolute atomic E-state index is 0.0281. The van der Waals surface area contributed by atoms with Gasteiger partial charge in [0.05, 0.1) is 32.4 Å². The Labute approximate surface area is 153 Å². The number of hydrogen-bond acceptors (Lipinski definition) is 5. The van der Waals surface area contributed by atoms with E-state index in [1.54, 1.807) is 28.4 Å². The zero-order chi connectivity index (χ0) is 18.5. The first-order valence-electron chi connectivity index (χ1n) is 8.89. The predicted molar refractivity (Wildman–Crippen MR) is 95.3 cm³/mol. The standard InChI is InChI=1S/C20H25NO5/c1-23-13-6-5-12-7-19(22)21-11-18(26-4)14-8-16(24-2)17(25-3)9-15(14)20(12,21)10-13/h5-6,8-9,12-13,18H,7,10-11H2,1-4H3/t12-,13-,18+,20-/m0/s1. The molecule has 0 unspecified atom stereocenters. The number of nitrogens with zero attached hydrogens (tertiary/aromatic N) is 1. The normalized spacial score (nSPS) is 32.1. The van der Waals surface area contributed by atoms with Gasteiger partial charge in [0.1, 0.15) is 6.10 Å². The number of carbonyl (C=O) groups is 1. The van der Waals surface area contributed by atoms with Gasteiger partial charge in [-0.3, -0.25) is 4.79 Å². The van der Waals surface area contributed by atoms with E-state index in [-0.39, 0.29) is 24.0 Å². The molecule has 1 fully saturated rings. The molecule has 0 radical (unpaired) electrons. The molecule has 0 bridgehead atoms. The Morgan fingerprint density at radius 2 is 1.77 bits per heavy atom. The summed E-state index contributed by atoms with van der Waals surface area (Å²) in [5.74, 6) is 1.63. The van der Waals surface area contributed by atoms with E-state index in [9.17, 15) is 4.79 Å². The van der Waals surface area contributed by atoms with Crippen LogP contribution in [-0.2, 0) is 19.8 Å². The maximum atomic E-state index is 12.9. The molecule has 1 spiro atoms. The molecular weight excluding hydrogens is 334 g/mol. The van der Waals surface area contributed by atoms with E-state index in [0.717, 1.165) is 17.5 Å². The minimum Gasteiger partial charge on any atom is -0.493 e. The fraction of sp³-hybridized carbons (Fsp3) is 0.550. The van der Waals surface area contributed by atoms with Crippen molar-refractivity contribution in [3.8, 4) is 11.5 Å². The molecule has 6 nitrogen and oxygen atoms in total. The van der Waals surface area contributed by atoms with E-state index in [2.05, 4.69) is 12.2 Å². The van der Waals surface area contributed by atoms with Gasteiger partial charge >= 0.3 is 0 Å². The SMILES string of the molecule is COc1cc2c(cc1OC)[C@]13C[C@@H](OC)C=C[C@H]1CC(=O)N3C[C@H]2OC. The fourth-order valence-electron chi connectivity index (χ4n) is 4.89. The Balaban J connectivity index is 1.96. The van der Waals surface area contributed by atoms with Crippen LogP contribution in [0.15, 0.2) is 24.3 Å². The highest BCUT2D eigenvalue weighted by atomic mass is 16.5. The van der Waals surface area contributed by atoms with Gasteiger partial charge in [0.15, 0.2) is 11.5 Å². The number of rotatable bonds is 4. The third-order valence-corrected chi connectivity index (χ3v) is 6.17. The lowest BCUT2D eigenvalue weighted by molar-refractivity contribution is -0.136. The van der Waals surface area contributed by atoms with Crippen molar-refractivity contribution in [2.24, 2.45) is 5.92 Å². The maximum Gasteiger partial charge on any atom is 0.224 e. The molecule has 4 atom stereocenters. The minimum atomic E-state index is -0.420. The molecule has 3 aliphatic rings. The van der Waals surface area contributed by atoms with Crippen LogP contribution in [0.3, 0.4) is 0 Å². The number of ether oxygens (including phenoxy) is 4. The predicted octanol–water partition coefficient (Wildman–Crippen LogP) is 2.42. The van der Waals surface area contributed by atoms with Crippen LogP contribution in [0.2, 0.25) is 0 Å². The Bertz CT molecular complexity index is 761. The van der Waals surface area contributed by atoms with E-state index in [1.165, 1.54) is 0 Å². The summed E-state index contributed by atoms with van der Waals surface area (Å²) in [6, 6.07) is 4.01. The Morgan fingerprint density at radius 3 is 2.42 bits per heavy atom. The summed E-state index contributed by atoms with van der Waals surface area (Å²) in [6.07, 6.45) is 5.25. The summed E-state index contributed by atoms with van der Waals surface area (Å²) in [7, 11) is 6.65. The molecule has 4 rings (SSSR count). The van der Waals surface area contributed by atoms with Crippen LogP contribution in [-0.4, -0.2) is 51.9 Å². The molecule has 0 N–H and O–H groups in total. The van der Waals surface area contributed by atoms with Crippen molar-refractivity contribution < 1.29 is 23.7 Å². The third kappa shape index (κ3) is 2.21. The third-order valence-electron chi connectivity index (χ3n) is 6.17. The molecule has 26 heavy (non-hydrogen) atoms. The van der Waals surface area contributed by atoms with Gasteiger partial charge in [-0.15, -0.1) is 0 Å². The molecule has 6 heteroatoms. The van der Waals surface area contributed by atoms with Crippen LogP contribution in [0.4, 0.5) is 0 Å². The largest absolute Gasteiger partial charge is 0.493 e. The molecule has 1 saturated heterocycles. The van der Waals surface area contributed by atoms with Gasteiger partial charge in [0.25, 0.3) is 0 Å². The van der Waals surface area contributed by atoms with Crippen molar-refractivity contribution in [3.05, 3.63) is 35.4 Å². The first kappa shape index (κ1) is 17.4. The number of methoxy groups -OCH3 is 4. The molecule has 1 aromatic rings. The smallest absolute Gasteiger partial charge is 0.224 e. The molecule has 2 aliphatic heterocycles. The first-order chi connectivity index (χ1) is 12.6. The average Bonchev–Trinajstić information content (AvgIpc) is 2.97. The molecule has 2 heterocycles. The van der Waals surface area contributed by atoms with E-state index >= 15 is 0 Å². The number of amides is 1. The lowest BCUT2D eigenvalue weighted by Crippen LogP contribution is -2.54. The van der Waals surface area contributed by atoms with Gasteiger partial charge in [-0.2, -0.15) is 0 Å². The van der Waals surface area contributed by atoms with Gasteiger partial charge in [0.2, 0.25) is 5.91 Å². The topological polar surface area (TPSA) is 57.2 Å². The van der Waals surface area contributed by atoms with E-state index in [0.29, 0.717) is 24.5 Å². The van der Waals surface area contributed by atoms with Crippen LogP contribution in [0.1, 0.15) is 30.1 Å². The van der Waals surface area contributed by atoms with Gasteiger partial charge < -0.3 is 23.8 Å². The summed E-state index contributed by atoms with van der Waals surface area (Å²) in [5, 5.41) is 0. The van der Waals surface area contributed by atoms with Crippen LogP contribution in [0.5, 0.6) is 11.5 Å². The molecule has 140 valence electrons. The van der Waals surface area contributed by atoms with Crippen LogP contribution in [0, 0.1) is 5.92 Å². The zero-order valence-electron chi connectivity index (χ0n) is 15.7. The lowest BCUT2D eigenvalue weighted by Gasteiger charge is -2.50. The summed E-state index contributed by atoms with van der Waals surface area (Å²) < 4.78 is 22.4. The summed E-state index contributed by atoms with van der Waals surface area (Å²) in [6.45, 7) is 0.540. The van der Waals surface area contributed by atoms with Crippen molar-refractivity contribution in [1.29, 1.82) is 0 Å². The highest BCUT2D eigenvalue weighted by Crippen LogP contribution is 2.56. The summed E-state index contributed by atoms with van der Waals surface area (Å²) >= 11 is 0. The molecule has 1 aromatic carbocycles. The second kappa shape index (κ2) is 6.28. The summed E-state index contributed by atoms with van der Waals surface area (Å²) in [5.41, 5.74) is 1.72. The van der Waals surface area contributed by atoms with Crippen LogP contribution >= 0.6 is 0 Å². The molecule has 0 saturated carbocycles. The van der Waals surface area contributed by atoms with Crippen molar-refractivity contribution >= 4 is 5.91 Å². The van der Waals surface area contributed by atoms with Crippen LogP contribution in [0.25, 0.3) is 0 Å². The second-order valence-electron chi connectivity index (χ2n) is 7.12. The quantitative estimate of drug-likeness (QED) is 0.773. The van der Waals surface area contributed by atoms with Gasteiger partial charge in [-0.25, -0.2) is 0 Å². The van der Waals surface area contributed by atoms with E-state index in [4.69, 9.17) is 18.9 Å². The zero-order valence-corrected chi connectivity index (χ0v) is 15.7. The molecule has 0 aromatic heterocycles. The average molecular weight is 359 g/mol.